The number of aromatic nitrogens is 1. The van der Waals surface area contributed by atoms with Crippen molar-refractivity contribution >= 4 is 23.1 Å². The molecule has 12 heavy (non-hydrogen) atoms. The van der Waals surface area contributed by atoms with Gasteiger partial charge in [-0.3, -0.25) is 0 Å². The summed E-state index contributed by atoms with van der Waals surface area (Å²) in [6.07, 6.45) is 0. The average molecular weight is 201 g/mol. The summed E-state index contributed by atoms with van der Waals surface area (Å²) in [7, 11) is 0. The lowest BCUT2D eigenvalue weighted by Gasteiger charge is -2.15. The van der Waals surface area contributed by atoms with Gasteiger partial charge in [0.1, 0.15) is 5.01 Å². The van der Waals surface area contributed by atoms with Gasteiger partial charge in [-0.2, -0.15) is 0 Å². The summed E-state index contributed by atoms with van der Waals surface area (Å²) in [6, 6.07) is 0. The van der Waals surface area contributed by atoms with Crippen LogP contribution in [0.25, 0.3) is 0 Å². The first kappa shape index (κ1) is 10.1. The molecule has 0 spiro atoms. The van der Waals surface area contributed by atoms with Crippen LogP contribution < -0.4 is 0 Å². The van der Waals surface area contributed by atoms with Crippen LogP contribution in [0.5, 0.6) is 0 Å². The number of hydrogen-bond acceptors (Lipinski definition) is 3. The molecule has 1 aromatic heterocycles. The fraction of sp³-hybridized carbons (Fsp3) is 0.667. The van der Waals surface area contributed by atoms with E-state index in [4.69, 9.17) is 0 Å². The first-order valence-electron chi connectivity index (χ1n) is 4.02. The minimum atomic E-state index is 0.347. The lowest BCUT2D eigenvalue weighted by atomic mass is 10.3. The van der Waals surface area contributed by atoms with Gasteiger partial charge >= 0.3 is 0 Å². The Labute approximate surface area is 82.6 Å². The molecule has 0 saturated carbocycles. The summed E-state index contributed by atoms with van der Waals surface area (Å²) in [5.41, 5.74) is 1.14. The highest BCUT2D eigenvalue weighted by Crippen LogP contribution is 2.28. The van der Waals surface area contributed by atoms with Gasteiger partial charge in [0.25, 0.3) is 0 Å². The third-order valence-corrected chi connectivity index (χ3v) is 3.73. The van der Waals surface area contributed by atoms with Crippen LogP contribution >= 0.6 is 23.1 Å². The summed E-state index contributed by atoms with van der Waals surface area (Å²) in [6.45, 7) is 8.75. The van der Waals surface area contributed by atoms with Crippen molar-refractivity contribution in [3.8, 4) is 0 Å². The van der Waals surface area contributed by atoms with Crippen LogP contribution in [-0.2, 0) is 5.75 Å². The molecular weight excluding hydrogens is 186 g/mol. The molecule has 68 valence electrons. The van der Waals surface area contributed by atoms with E-state index in [0.29, 0.717) is 4.75 Å². The van der Waals surface area contributed by atoms with E-state index in [1.807, 2.05) is 18.7 Å². The summed E-state index contributed by atoms with van der Waals surface area (Å²) in [5, 5.41) is 3.35. The van der Waals surface area contributed by atoms with Crippen molar-refractivity contribution in [2.45, 2.75) is 38.2 Å². The number of nitrogens with zero attached hydrogens (tertiary/aromatic N) is 1. The van der Waals surface area contributed by atoms with Crippen LogP contribution in [0.4, 0.5) is 0 Å². The number of rotatable bonds is 2. The molecule has 1 nitrogen and oxygen atoms in total. The van der Waals surface area contributed by atoms with Crippen LogP contribution in [0.3, 0.4) is 0 Å². The molecule has 0 aliphatic heterocycles. The number of hydrogen-bond donors (Lipinski definition) is 0. The Morgan fingerprint density at radius 3 is 2.58 bits per heavy atom. The van der Waals surface area contributed by atoms with E-state index in [1.54, 1.807) is 11.3 Å². The molecule has 0 atom stereocenters. The number of thioether (sulfide) groups is 1. The highest BCUT2D eigenvalue weighted by atomic mass is 32.2. The quantitative estimate of drug-likeness (QED) is 0.726. The minimum Gasteiger partial charge on any atom is -0.246 e. The van der Waals surface area contributed by atoms with E-state index in [2.05, 4.69) is 31.1 Å². The first-order valence-corrected chi connectivity index (χ1v) is 5.89. The van der Waals surface area contributed by atoms with E-state index in [1.165, 1.54) is 5.01 Å². The first-order chi connectivity index (χ1) is 5.47. The minimum absolute atomic E-state index is 0.347. The van der Waals surface area contributed by atoms with Crippen molar-refractivity contribution in [1.82, 2.24) is 4.98 Å². The fourth-order valence-corrected chi connectivity index (χ4v) is 2.37. The lowest BCUT2D eigenvalue weighted by Crippen LogP contribution is -2.07. The van der Waals surface area contributed by atoms with Gasteiger partial charge in [-0.05, 0) is 6.92 Å². The van der Waals surface area contributed by atoms with E-state index >= 15 is 0 Å². The smallest absolute Gasteiger partial charge is 0.103 e. The van der Waals surface area contributed by atoms with Gasteiger partial charge in [-0.1, -0.05) is 20.8 Å². The molecule has 0 fully saturated rings. The van der Waals surface area contributed by atoms with Crippen LogP contribution in [0.15, 0.2) is 5.38 Å². The third-order valence-electron chi connectivity index (χ3n) is 1.30. The van der Waals surface area contributed by atoms with E-state index < -0.39 is 0 Å². The van der Waals surface area contributed by atoms with E-state index in [9.17, 15) is 0 Å². The van der Waals surface area contributed by atoms with Crippen LogP contribution in [0, 0.1) is 6.92 Å². The predicted octanol–water partition coefficient (Wildman–Crippen LogP) is 3.48. The molecule has 3 heteroatoms. The topological polar surface area (TPSA) is 12.9 Å². The number of thiazole rings is 1. The average Bonchev–Trinajstić information content (AvgIpc) is 2.30. The van der Waals surface area contributed by atoms with E-state index in [-0.39, 0.29) is 0 Å². The molecule has 0 saturated heterocycles. The van der Waals surface area contributed by atoms with Crippen molar-refractivity contribution in [3.63, 3.8) is 0 Å². The van der Waals surface area contributed by atoms with Crippen molar-refractivity contribution in [1.29, 1.82) is 0 Å². The Morgan fingerprint density at radius 2 is 2.17 bits per heavy atom. The van der Waals surface area contributed by atoms with E-state index in [0.717, 1.165) is 11.4 Å². The molecule has 1 aromatic rings. The van der Waals surface area contributed by atoms with Crippen LogP contribution in [0.2, 0.25) is 0 Å². The monoisotopic (exact) mass is 201 g/mol. The third kappa shape index (κ3) is 3.59. The summed E-state index contributed by atoms with van der Waals surface area (Å²) in [5.74, 6) is 1.04. The lowest BCUT2D eigenvalue weighted by molar-refractivity contribution is 0.802. The standard InChI is InChI=1S/C9H15NS2/c1-7-5-11-8(10-7)6-12-9(2,3)4/h5H,6H2,1-4H3. The molecule has 1 heterocycles. The van der Waals surface area contributed by atoms with Gasteiger partial charge in [-0.15, -0.1) is 23.1 Å². The van der Waals surface area contributed by atoms with Crippen molar-refractivity contribution in [2.24, 2.45) is 0 Å². The SMILES string of the molecule is Cc1csc(CSC(C)(C)C)n1. The summed E-state index contributed by atoms with van der Waals surface area (Å²) in [4.78, 5) is 4.41. The molecule has 0 N–H and O–H groups in total. The second-order valence-corrected chi connectivity index (χ2v) is 6.53. The fourth-order valence-electron chi connectivity index (χ4n) is 0.747. The Hall–Kier alpha value is -0.0200. The van der Waals surface area contributed by atoms with Crippen molar-refractivity contribution < 1.29 is 0 Å². The maximum Gasteiger partial charge on any atom is 0.103 e. The highest BCUT2D eigenvalue weighted by molar-refractivity contribution is 7.99. The molecule has 0 aromatic carbocycles. The maximum atomic E-state index is 4.41. The summed E-state index contributed by atoms with van der Waals surface area (Å²) >= 11 is 3.71. The van der Waals surface area contributed by atoms with Gasteiger partial charge in [-0.25, -0.2) is 4.98 Å². The normalized spacial score (nSPS) is 12.0. The molecule has 0 radical (unpaired) electrons. The Balaban J connectivity index is 2.44. The highest BCUT2D eigenvalue weighted by Gasteiger charge is 2.11. The molecule has 0 unspecified atom stereocenters. The number of aryl methyl sites for hydroxylation is 1. The Morgan fingerprint density at radius 1 is 1.50 bits per heavy atom. The van der Waals surface area contributed by atoms with Gasteiger partial charge in [0.2, 0.25) is 0 Å². The van der Waals surface area contributed by atoms with Crippen LogP contribution in [-0.4, -0.2) is 9.73 Å². The molecular formula is C9H15NS2. The largest absolute Gasteiger partial charge is 0.246 e. The van der Waals surface area contributed by atoms with Crippen molar-refractivity contribution in [3.05, 3.63) is 16.1 Å². The van der Waals surface area contributed by atoms with Gasteiger partial charge in [0.05, 0.1) is 0 Å². The molecule has 0 aliphatic rings. The molecule has 0 amide bonds. The molecule has 0 aliphatic carbocycles. The predicted molar refractivity (Wildman–Crippen MR) is 57.9 cm³/mol. The van der Waals surface area contributed by atoms with Gasteiger partial charge < -0.3 is 0 Å². The Kier molecular flexibility index (Phi) is 3.18. The zero-order valence-electron chi connectivity index (χ0n) is 8.05. The maximum absolute atomic E-state index is 4.41. The zero-order valence-corrected chi connectivity index (χ0v) is 9.68. The van der Waals surface area contributed by atoms with Gasteiger partial charge in [0.15, 0.2) is 0 Å². The molecule has 1 rings (SSSR count). The van der Waals surface area contributed by atoms with Crippen LogP contribution in [0.1, 0.15) is 31.5 Å². The zero-order chi connectivity index (χ0) is 9.19. The molecule has 0 bridgehead atoms. The second kappa shape index (κ2) is 3.79. The summed E-state index contributed by atoms with van der Waals surface area (Å²) < 4.78 is 0.347. The van der Waals surface area contributed by atoms with Crippen molar-refractivity contribution in [2.75, 3.05) is 0 Å². The Bertz CT molecular complexity index is 247. The second-order valence-electron chi connectivity index (χ2n) is 3.78. The van der Waals surface area contributed by atoms with Gasteiger partial charge in [0, 0.05) is 21.6 Å².